The number of carbonyl (C=O) groups is 1. The van der Waals surface area contributed by atoms with Gasteiger partial charge in [-0.15, -0.1) is 0 Å². The molecule has 1 aromatic rings. The Morgan fingerprint density at radius 3 is 2.26 bits per heavy atom. The SMILES string of the molecule is COc1cc(Br)c(C(=O)C(C)S(C)(=O)=O)c(OC)c1. The van der Waals surface area contributed by atoms with Crippen LogP contribution >= 0.6 is 15.9 Å². The van der Waals surface area contributed by atoms with E-state index in [4.69, 9.17) is 9.47 Å². The smallest absolute Gasteiger partial charge is 0.185 e. The molecule has 0 saturated carbocycles. The molecule has 0 saturated heterocycles. The highest BCUT2D eigenvalue weighted by atomic mass is 79.9. The van der Waals surface area contributed by atoms with Gasteiger partial charge < -0.3 is 9.47 Å². The lowest BCUT2D eigenvalue weighted by molar-refractivity contribution is 0.0988. The fraction of sp³-hybridized carbons (Fsp3) is 0.417. The molecule has 0 fully saturated rings. The summed E-state index contributed by atoms with van der Waals surface area (Å²) >= 11 is 3.24. The van der Waals surface area contributed by atoms with E-state index in [1.54, 1.807) is 6.07 Å². The number of carbonyl (C=O) groups excluding carboxylic acids is 1. The summed E-state index contributed by atoms with van der Waals surface area (Å²) in [5.74, 6) is 0.257. The summed E-state index contributed by atoms with van der Waals surface area (Å²) in [5.41, 5.74) is 0.196. The van der Waals surface area contributed by atoms with Crippen LogP contribution in [0.3, 0.4) is 0 Å². The molecule has 1 atom stereocenters. The Hall–Kier alpha value is -1.08. The van der Waals surface area contributed by atoms with E-state index in [2.05, 4.69) is 15.9 Å². The van der Waals surface area contributed by atoms with Crippen molar-refractivity contribution in [2.75, 3.05) is 20.5 Å². The van der Waals surface area contributed by atoms with Crippen molar-refractivity contribution in [1.82, 2.24) is 0 Å². The molecule has 0 aliphatic heterocycles. The third kappa shape index (κ3) is 3.48. The molecule has 106 valence electrons. The normalized spacial score (nSPS) is 12.9. The lowest BCUT2D eigenvalue weighted by Crippen LogP contribution is -2.27. The highest BCUT2D eigenvalue weighted by Gasteiger charge is 2.29. The molecular formula is C12H15BrO5S. The molecule has 1 aromatic carbocycles. The second-order valence-corrected chi connectivity index (χ2v) is 7.24. The zero-order chi connectivity index (χ0) is 14.8. The first kappa shape index (κ1) is 16.0. The Labute approximate surface area is 121 Å². The number of hydrogen-bond acceptors (Lipinski definition) is 5. The zero-order valence-corrected chi connectivity index (χ0v) is 13.5. The minimum Gasteiger partial charge on any atom is -0.497 e. The number of sulfone groups is 1. The average Bonchev–Trinajstić information content (AvgIpc) is 2.34. The molecule has 0 amide bonds. The van der Waals surface area contributed by atoms with Crippen molar-refractivity contribution in [3.05, 3.63) is 22.2 Å². The Balaban J connectivity index is 3.38. The Morgan fingerprint density at radius 2 is 1.84 bits per heavy atom. The van der Waals surface area contributed by atoms with Crippen molar-refractivity contribution >= 4 is 31.6 Å². The van der Waals surface area contributed by atoms with Crippen molar-refractivity contribution in [2.45, 2.75) is 12.2 Å². The fourth-order valence-electron chi connectivity index (χ4n) is 1.47. The van der Waals surface area contributed by atoms with Gasteiger partial charge in [0.25, 0.3) is 0 Å². The molecule has 0 aliphatic rings. The van der Waals surface area contributed by atoms with Crippen LogP contribution in [0.15, 0.2) is 16.6 Å². The van der Waals surface area contributed by atoms with Crippen LogP contribution in [-0.4, -0.2) is 39.9 Å². The van der Waals surface area contributed by atoms with Crippen LogP contribution < -0.4 is 9.47 Å². The quantitative estimate of drug-likeness (QED) is 0.760. The standard InChI is InChI=1S/C12H15BrO5S/c1-7(19(4,15)16)12(14)11-9(13)5-8(17-2)6-10(11)18-3/h5-7H,1-4H3. The molecule has 1 unspecified atom stereocenters. The average molecular weight is 351 g/mol. The van der Waals surface area contributed by atoms with Gasteiger partial charge in [0.1, 0.15) is 16.7 Å². The van der Waals surface area contributed by atoms with Crippen LogP contribution in [0, 0.1) is 0 Å². The maximum Gasteiger partial charge on any atom is 0.185 e. The van der Waals surface area contributed by atoms with Gasteiger partial charge in [0.05, 0.1) is 19.8 Å². The van der Waals surface area contributed by atoms with Crippen molar-refractivity contribution in [3.8, 4) is 11.5 Å². The molecule has 0 bridgehead atoms. The summed E-state index contributed by atoms with van der Waals surface area (Å²) in [7, 11) is -0.571. The monoisotopic (exact) mass is 350 g/mol. The Bertz CT molecular complexity index is 594. The molecule has 0 N–H and O–H groups in total. The van der Waals surface area contributed by atoms with Gasteiger partial charge in [0.15, 0.2) is 15.6 Å². The predicted molar refractivity (Wildman–Crippen MR) is 75.9 cm³/mol. The summed E-state index contributed by atoms with van der Waals surface area (Å²) in [6.45, 7) is 1.35. The molecule has 7 heteroatoms. The second kappa shape index (κ2) is 5.92. The Morgan fingerprint density at radius 1 is 1.26 bits per heavy atom. The van der Waals surface area contributed by atoms with Gasteiger partial charge in [0.2, 0.25) is 0 Å². The maximum absolute atomic E-state index is 12.3. The number of ketones is 1. The molecule has 0 aliphatic carbocycles. The first-order valence-corrected chi connectivity index (χ1v) is 8.11. The molecular weight excluding hydrogens is 336 g/mol. The van der Waals surface area contributed by atoms with Gasteiger partial charge in [-0.2, -0.15) is 0 Å². The van der Waals surface area contributed by atoms with E-state index in [1.807, 2.05) is 0 Å². The number of ether oxygens (including phenoxy) is 2. The van der Waals surface area contributed by atoms with Crippen LogP contribution in [0.5, 0.6) is 11.5 Å². The van der Waals surface area contributed by atoms with E-state index in [0.717, 1.165) is 6.26 Å². The van der Waals surface area contributed by atoms with E-state index in [1.165, 1.54) is 27.2 Å². The summed E-state index contributed by atoms with van der Waals surface area (Å²) in [6.07, 6.45) is 1.03. The van der Waals surface area contributed by atoms with E-state index in [-0.39, 0.29) is 11.3 Å². The topological polar surface area (TPSA) is 69.7 Å². The van der Waals surface area contributed by atoms with Gasteiger partial charge >= 0.3 is 0 Å². The molecule has 0 heterocycles. The first-order valence-electron chi connectivity index (χ1n) is 5.37. The van der Waals surface area contributed by atoms with Crippen LogP contribution in [0.4, 0.5) is 0 Å². The molecule has 5 nitrogen and oxygen atoms in total. The van der Waals surface area contributed by atoms with Crippen LogP contribution in [-0.2, 0) is 9.84 Å². The summed E-state index contributed by atoms with van der Waals surface area (Å²) in [5, 5.41) is -1.13. The first-order chi connectivity index (χ1) is 8.72. The lowest BCUT2D eigenvalue weighted by atomic mass is 10.1. The van der Waals surface area contributed by atoms with Gasteiger partial charge in [0, 0.05) is 16.8 Å². The Kier molecular flexibility index (Phi) is 4.98. The predicted octanol–water partition coefficient (Wildman–Crippen LogP) is 2.08. The van der Waals surface area contributed by atoms with Crippen LogP contribution in [0.2, 0.25) is 0 Å². The molecule has 0 radical (unpaired) electrons. The van der Waals surface area contributed by atoms with Gasteiger partial charge in [-0.1, -0.05) is 0 Å². The maximum atomic E-state index is 12.3. The minimum absolute atomic E-state index is 0.196. The van der Waals surface area contributed by atoms with Crippen molar-refractivity contribution in [3.63, 3.8) is 0 Å². The summed E-state index contributed by atoms with van der Waals surface area (Å²) in [6, 6.07) is 3.12. The number of methoxy groups -OCH3 is 2. The van der Waals surface area contributed by atoms with Gasteiger partial charge in [-0.3, -0.25) is 4.79 Å². The molecule has 1 rings (SSSR count). The number of halogens is 1. The highest BCUT2D eigenvalue weighted by molar-refractivity contribution is 9.10. The van der Waals surface area contributed by atoms with Crippen LogP contribution in [0.25, 0.3) is 0 Å². The zero-order valence-electron chi connectivity index (χ0n) is 11.1. The number of hydrogen-bond donors (Lipinski definition) is 0. The number of benzene rings is 1. The van der Waals surface area contributed by atoms with Crippen LogP contribution in [0.1, 0.15) is 17.3 Å². The number of Topliss-reactive ketones (excluding diaryl/α,β-unsaturated/α-hetero) is 1. The van der Waals surface area contributed by atoms with E-state index < -0.39 is 20.9 Å². The number of rotatable bonds is 5. The molecule has 0 spiro atoms. The summed E-state index contributed by atoms with van der Waals surface area (Å²) < 4.78 is 33.6. The van der Waals surface area contributed by atoms with Gasteiger partial charge in [-0.25, -0.2) is 8.42 Å². The second-order valence-electron chi connectivity index (χ2n) is 4.02. The minimum atomic E-state index is -3.46. The van der Waals surface area contributed by atoms with E-state index >= 15 is 0 Å². The fourth-order valence-corrected chi connectivity index (χ4v) is 2.60. The lowest BCUT2D eigenvalue weighted by Gasteiger charge is -2.14. The van der Waals surface area contributed by atoms with E-state index in [9.17, 15) is 13.2 Å². The third-order valence-electron chi connectivity index (χ3n) is 2.74. The molecule has 19 heavy (non-hydrogen) atoms. The van der Waals surface area contributed by atoms with Crippen molar-refractivity contribution in [1.29, 1.82) is 0 Å². The van der Waals surface area contributed by atoms with Gasteiger partial charge in [-0.05, 0) is 28.9 Å². The van der Waals surface area contributed by atoms with Crippen molar-refractivity contribution < 1.29 is 22.7 Å². The summed E-state index contributed by atoms with van der Waals surface area (Å²) in [4.78, 5) is 12.3. The highest BCUT2D eigenvalue weighted by Crippen LogP contribution is 2.33. The van der Waals surface area contributed by atoms with E-state index in [0.29, 0.717) is 10.2 Å². The third-order valence-corrected chi connectivity index (χ3v) is 4.86. The largest absolute Gasteiger partial charge is 0.497 e. The van der Waals surface area contributed by atoms with Crippen molar-refractivity contribution in [2.24, 2.45) is 0 Å². The molecule has 0 aromatic heterocycles.